The maximum Gasteiger partial charge on any atom is 0.319 e. The normalized spacial score (nSPS) is 11.0. The van der Waals surface area contributed by atoms with E-state index in [0.717, 1.165) is 16.8 Å². The molecule has 22 heavy (non-hydrogen) atoms. The maximum atomic E-state index is 11.4. The van der Waals surface area contributed by atoms with Gasteiger partial charge in [0.2, 0.25) is 5.88 Å². The Labute approximate surface area is 133 Å². The summed E-state index contributed by atoms with van der Waals surface area (Å²) in [7, 11) is 0. The summed E-state index contributed by atoms with van der Waals surface area (Å²) in [6, 6.07) is 3.72. The smallest absolute Gasteiger partial charge is 0.319 e. The number of pyridine rings is 1. The molecule has 7 heteroatoms. The van der Waals surface area contributed by atoms with Gasteiger partial charge in [0, 0.05) is 6.07 Å². The number of fused-ring (bicyclic) bond motifs is 1. The molecule has 2 aromatic rings. The zero-order valence-corrected chi connectivity index (χ0v) is 13.7. The lowest BCUT2D eigenvalue weighted by Gasteiger charge is -2.08. The average molecular weight is 323 g/mol. The first-order valence-corrected chi connectivity index (χ1v) is 8.22. The summed E-state index contributed by atoms with van der Waals surface area (Å²) >= 11 is 1.49. The van der Waals surface area contributed by atoms with Crippen LogP contribution in [0.25, 0.3) is 10.3 Å². The molecule has 0 unspecified atom stereocenters. The number of hydrogen-bond donors (Lipinski definition) is 1. The molecule has 0 bridgehead atoms. The van der Waals surface area contributed by atoms with E-state index in [1.807, 2.05) is 26.0 Å². The van der Waals surface area contributed by atoms with Gasteiger partial charge in [-0.1, -0.05) is 13.8 Å². The largest absolute Gasteiger partial charge is 0.478 e. The van der Waals surface area contributed by atoms with Gasteiger partial charge in [-0.25, -0.2) is 9.97 Å². The zero-order chi connectivity index (χ0) is 15.8. The molecule has 2 heterocycles. The summed E-state index contributed by atoms with van der Waals surface area (Å²) < 4.78 is 10.6. The van der Waals surface area contributed by atoms with Crippen LogP contribution in [-0.4, -0.2) is 42.2 Å². The number of hydrogen-bond acceptors (Lipinski definition) is 7. The second kappa shape index (κ2) is 8.65. The summed E-state index contributed by atoms with van der Waals surface area (Å²) in [5.74, 6) is 0.751. The fourth-order valence-electron chi connectivity index (χ4n) is 1.69. The van der Waals surface area contributed by atoms with E-state index in [4.69, 9.17) is 9.47 Å². The van der Waals surface area contributed by atoms with Crippen molar-refractivity contribution >= 4 is 27.7 Å². The van der Waals surface area contributed by atoms with E-state index in [0.29, 0.717) is 31.6 Å². The fraction of sp³-hybridized carbons (Fsp3) is 0.533. The standard InChI is InChI=1S/C15H21N3O3S/c1-11(2)9-21-14(19)8-16-6-3-7-20-13-5-4-12-15(18-13)22-10-17-12/h4-5,10-11,16H,3,6-9H2,1-2H3. The van der Waals surface area contributed by atoms with Gasteiger partial charge in [0.25, 0.3) is 0 Å². The van der Waals surface area contributed by atoms with Gasteiger partial charge in [-0.05, 0) is 24.9 Å². The van der Waals surface area contributed by atoms with Crippen molar-refractivity contribution in [2.45, 2.75) is 20.3 Å². The summed E-state index contributed by atoms with van der Waals surface area (Å²) in [6.45, 7) is 5.96. The highest BCUT2D eigenvalue weighted by molar-refractivity contribution is 7.16. The molecule has 0 aromatic carbocycles. The monoisotopic (exact) mass is 323 g/mol. The van der Waals surface area contributed by atoms with Gasteiger partial charge >= 0.3 is 5.97 Å². The Morgan fingerprint density at radius 3 is 3.09 bits per heavy atom. The van der Waals surface area contributed by atoms with Crippen LogP contribution < -0.4 is 10.1 Å². The molecular formula is C15H21N3O3S. The Morgan fingerprint density at radius 1 is 1.41 bits per heavy atom. The van der Waals surface area contributed by atoms with E-state index in [2.05, 4.69) is 15.3 Å². The first-order valence-electron chi connectivity index (χ1n) is 7.34. The van der Waals surface area contributed by atoms with E-state index in [-0.39, 0.29) is 12.5 Å². The summed E-state index contributed by atoms with van der Waals surface area (Å²) in [5.41, 5.74) is 2.66. The molecule has 0 fully saturated rings. The van der Waals surface area contributed by atoms with Gasteiger partial charge in [-0.2, -0.15) is 0 Å². The molecular weight excluding hydrogens is 302 g/mol. The minimum absolute atomic E-state index is 0.216. The summed E-state index contributed by atoms with van der Waals surface area (Å²) in [6.07, 6.45) is 0.792. The molecule has 0 atom stereocenters. The number of ether oxygens (including phenoxy) is 2. The predicted molar refractivity (Wildman–Crippen MR) is 86.2 cm³/mol. The molecule has 0 saturated carbocycles. The van der Waals surface area contributed by atoms with Crippen LogP contribution in [0.3, 0.4) is 0 Å². The van der Waals surface area contributed by atoms with Gasteiger partial charge in [0.15, 0.2) is 0 Å². The topological polar surface area (TPSA) is 73.3 Å². The number of thiazole rings is 1. The molecule has 0 saturated heterocycles. The predicted octanol–water partition coefficient (Wildman–Crippen LogP) is 2.25. The van der Waals surface area contributed by atoms with Crippen molar-refractivity contribution in [3.8, 4) is 5.88 Å². The molecule has 0 aliphatic rings. The number of nitrogens with zero attached hydrogens (tertiary/aromatic N) is 2. The van der Waals surface area contributed by atoms with Crippen LogP contribution in [0.2, 0.25) is 0 Å². The lowest BCUT2D eigenvalue weighted by Crippen LogP contribution is -2.27. The SMILES string of the molecule is CC(C)COC(=O)CNCCCOc1ccc2ncsc2n1. The second-order valence-electron chi connectivity index (χ2n) is 5.28. The molecule has 1 N–H and O–H groups in total. The number of carbonyl (C=O) groups excluding carboxylic acids is 1. The van der Waals surface area contributed by atoms with E-state index in [1.54, 1.807) is 5.51 Å². The number of rotatable bonds is 9. The Balaban J connectivity index is 1.56. The van der Waals surface area contributed by atoms with Crippen LogP contribution in [0.5, 0.6) is 5.88 Å². The third-order valence-electron chi connectivity index (χ3n) is 2.77. The third-order valence-corrected chi connectivity index (χ3v) is 3.50. The highest BCUT2D eigenvalue weighted by Gasteiger charge is 2.04. The van der Waals surface area contributed by atoms with Crippen molar-refractivity contribution in [3.63, 3.8) is 0 Å². The lowest BCUT2D eigenvalue weighted by molar-refractivity contribution is -0.143. The molecule has 0 amide bonds. The summed E-state index contributed by atoms with van der Waals surface area (Å²) in [4.78, 5) is 20.8. The van der Waals surface area contributed by atoms with Crippen molar-refractivity contribution in [2.24, 2.45) is 5.92 Å². The van der Waals surface area contributed by atoms with Crippen LogP contribution in [0.4, 0.5) is 0 Å². The van der Waals surface area contributed by atoms with Crippen LogP contribution in [0.1, 0.15) is 20.3 Å². The van der Waals surface area contributed by atoms with Crippen LogP contribution in [0.15, 0.2) is 17.6 Å². The van der Waals surface area contributed by atoms with Crippen LogP contribution in [-0.2, 0) is 9.53 Å². The van der Waals surface area contributed by atoms with Crippen molar-refractivity contribution < 1.29 is 14.3 Å². The van der Waals surface area contributed by atoms with Crippen molar-refractivity contribution in [1.82, 2.24) is 15.3 Å². The maximum absolute atomic E-state index is 11.4. The van der Waals surface area contributed by atoms with E-state index >= 15 is 0 Å². The third kappa shape index (κ3) is 5.57. The van der Waals surface area contributed by atoms with Gasteiger partial charge < -0.3 is 14.8 Å². The first-order chi connectivity index (χ1) is 10.6. The Hall–Kier alpha value is -1.73. The number of nitrogens with one attached hydrogen (secondary N) is 1. The van der Waals surface area contributed by atoms with Crippen molar-refractivity contribution in [1.29, 1.82) is 0 Å². The van der Waals surface area contributed by atoms with E-state index < -0.39 is 0 Å². The van der Waals surface area contributed by atoms with Crippen LogP contribution >= 0.6 is 11.3 Å². The molecule has 0 spiro atoms. The van der Waals surface area contributed by atoms with Crippen LogP contribution in [0, 0.1) is 5.92 Å². The Morgan fingerprint density at radius 2 is 2.27 bits per heavy atom. The number of aromatic nitrogens is 2. The minimum atomic E-state index is -0.216. The van der Waals surface area contributed by atoms with Crippen molar-refractivity contribution in [3.05, 3.63) is 17.6 Å². The van der Waals surface area contributed by atoms with E-state index in [1.165, 1.54) is 11.3 Å². The van der Waals surface area contributed by atoms with Gasteiger partial charge in [0.05, 0.1) is 25.3 Å². The lowest BCUT2D eigenvalue weighted by atomic mass is 10.2. The molecule has 6 nitrogen and oxygen atoms in total. The number of carbonyl (C=O) groups is 1. The summed E-state index contributed by atoms with van der Waals surface area (Å²) in [5, 5.41) is 3.04. The quantitative estimate of drug-likeness (QED) is 0.563. The van der Waals surface area contributed by atoms with Gasteiger partial charge in [-0.15, -0.1) is 11.3 Å². The molecule has 2 rings (SSSR count). The molecule has 2 aromatic heterocycles. The van der Waals surface area contributed by atoms with Gasteiger partial charge in [-0.3, -0.25) is 4.79 Å². The minimum Gasteiger partial charge on any atom is -0.478 e. The fourth-order valence-corrected chi connectivity index (χ4v) is 2.34. The number of esters is 1. The molecule has 0 aliphatic heterocycles. The molecule has 0 aliphatic carbocycles. The van der Waals surface area contributed by atoms with E-state index in [9.17, 15) is 4.79 Å². The Kier molecular flexibility index (Phi) is 6.54. The average Bonchev–Trinajstić information content (AvgIpc) is 2.96. The first kappa shape index (κ1) is 16.6. The highest BCUT2D eigenvalue weighted by atomic mass is 32.1. The van der Waals surface area contributed by atoms with Gasteiger partial charge in [0.1, 0.15) is 10.3 Å². The molecule has 0 radical (unpaired) electrons. The Bertz CT molecular complexity index is 600. The second-order valence-corrected chi connectivity index (χ2v) is 6.11. The van der Waals surface area contributed by atoms with Crippen molar-refractivity contribution in [2.75, 3.05) is 26.3 Å². The zero-order valence-electron chi connectivity index (χ0n) is 12.9. The highest BCUT2D eigenvalue weighted by Crippen LogP contribution is 2.18. The molecule has 120 valence electrons.